The lowest BCUT2D eigenvalue weighted by Gasteiger charge is -2.39. The highest BCUT2D eigenvalue weighted by Crippen LogP contribution is 2.44. The number of carbonyl (C=O) groups is 1. The molecular formula is C28H39N3O2. The van der Waals surface area contributed by atoms with E-state index in [1.54, 1.807) is 0 Å². The minimum absolute atomic E-state index is 0.250. The van der Waals surface area contributed by atoms with E-state index in [4.69, 9.17) is 4.74 Å². The fourth-order valence-electron chi connectivity index (χ4n) is 4.74. The van der Waals surface area contributed by atoms with Gasteiger partial charge in [-0.25, -0.2) is 4.79 Å². The van der Waals surface area contributed by atoms with Gasteiger partial charge in [0.25, 0.3) is 0 Å². The molecule has 0 saturated carbocycles. The molecule has 5 nitrogen and oxygen atoms in total. The number of carbonyl (C=O) groups excluding carboxylic acids is 1. The molecule has 5 heteroatoms. The summed E-state index contributed by atoms with van der Waals surface area (Å²) >= 11 is 0. The number of allylic oxidation sites excluding steroid dienone is 2. The van der Waals surface area contributed by atoms with Crippen molar-refractivity contribution >= 4 is 6.09 Å². The summed E-state index contributed by atoms with van der Waals surface area (Å²) in [4.78, 5) is 15.1. The Labute approximate surface area is 199 Å². The fraction of sp³-hybridized carbons (Fsp3) is 0.464. The minimum atomic E-state index is -0.592. The lowest BCUT2D eigenvalue weighted by atomic mass is 9.68. The van der Waals surface area contributed by atoms with Gasteiger partial charge in [0.2, 0.25) is 0 Å². The van der Waals surface area contributed by atoms with Crippen LogP contribution >= 0.6 is 0 Å². The Bertz CT molecular complexity index is 850. The Balaban J connectivity index is 1.92. The number of hydrogen-bond donors (Lipinski definition) is 2. The van der Waals surface area contributed by atoms with E-state index < -0.39 is 11.5 Å². The van der Waals surface area contributed by atoms with Gasteiger partial charge in [0.1, 0.15) is 5.76 Å². The van der Waals surface area contributed by atoms with Crippen LogP contribution in [0.5, 0.6) is 0 Å². The van der Waals surface area contributed by atoms with Gasteiger partial charge in [-0.1, -0.05) is 60.7 Å². The van der Waals surface area contributed by atoms with Gasteiger partial charge in [-0.2, -0.15) is 0 Å². The van der Waals surface area contributed by atoms with E-state index in [0.717, 1.165) is 30.5 Å². The molecule has 178 valence electrons. The summed E-state index contributed by atoms with van der Waals surface area (Å²) in [6.07, 6.45) is 5.62. The summed E-state index contributed by atoms with van der Waals surface area (Å²) in [5.74, 6) is 0.657. The Morgan fingerprint density at radius 3 is 2.24 bits per heavy atom. The lowest BCUT2D eigenvalue weighted by molar-refractivity contribution is 0.154. The second-order valence-corrected chi connectivity index (χ2v) is 9.21. The Morgan fingerprint density at radius 2 is 1.76 bits per heavy atom. The molecule has 2 aromatic carbocycles. The molecule has 0 radical (unpaired) electrons. The summed E-state index contributed by atoms with van der Waals surface area (Å²) in [5, 5.41) is 6.45. The quantitative estimate of drug-likeness (QED) is 0.497. The Kier molecular flexibility index (Phi) is 9.10. The normalized spacial score (nSPS) is 17.7. The van der Waals surface area contributed by atoms with Crippen LogP contribution in [0.3, 0.4) is 0 Å². The van der Waals surface area contributed by atoms with Gasteiger partial charge >= 0.3 is 6.09 Å². The Hall–Kier alpha value is -2.63. The van der Waals surface area contributed by atoms with Gasteiger partial charge in [0, 0.05) is 18.6 Å². The zero-order valence-electron chi connectivity index (χ0n) is 20.5. The van der Waals surface area contributed by atoms with Crippen LogP contribution in [0.1, 0.15) is 50.7 Å². The monoisotopic (exact) mass is 449 g/mol. The van der Waals surface area contributed by atoms with Crippen LogP contribution in [0.25, 0.3) is 0 Å². The van der Waals surface area contributed by atoms with Crippen LogP contribution in [-0.2, 0) is 10.2 Å². The summed E-state index contributed by atoms with van der Waals surface area (Å²) in [7, 11) is 4.18. The first-order valence-corrected chi connectivity index (χ1v) is 12.1. The van der Waals surface area contributed by atoms with Crippen LogP contribution in [-0.4, -0.2) is 50.3 Å². The molecule has 1 saturated heterocycles. The zero-order chi connectivity index (χ0) is 23.7. The molecule has 0 bridgehead atoms. The number of ether oxygens (including phenoxy) is 1. The highest BCUT2D eigenvalue weighted by atomic mass is 16.6. The second-order valence-electron chi connectivity index (χ2n) is 9.21. The summed E-state index contributed by atoms with van der Waals surface area (Å²) in [6.45, 7) is 5.83. The molecule has 1 amide bonds. The molecule has 2 unspecified atom stereocenters. The SMILES string of the molecule is C/C=C(\OC(=O)NCCC1CCCN1)C(CC(C)N(C)C)(c1ccccc1)c1ccccc1. The van der Waals surface area contributed by atoms with Crippen molar-refractivity contribution in [3.05, 3.63) is 83.6 Å². The van der Waals surface area contributed by atoms with E-state index in [0.29, 0.717) is 18.3 Å². The van der Waals surface area contributed by atoms with Gasteiger partial charge in [-0.3, -0.25) is 0 Å². The predicted molar refractivity (Wildman–Crippen MR) is 135 cm³/mol. The van der Waals surface area contributed by atoms with Crippen molar-refractivity contribution in [1.82, 2.24) is 15.5 Å². The fourth-order valence-corrected chi connectivity index (χ4v) is 4.74. The van der Waals surface area contributed by atoms with Crippen LogP contribution < -0.4 is 10.6 Å². The number of nitrogens with one attached hydrogen (secondary N) is 2. The highest BCUT2D eigenvalue weighted by molar-refractivity contribution is 5.69. The lowest BCUT2D eigenvalue weighted by Crippen LogP contribution is -2.41. The van der Waals surface area contributed by atoms with Crippen molar-refractivity contribution in [3.8, 4) is 0 Å². The number of amides is 1. The van der Waals surface area contributed by atoms with Crippen molar-refractivity contribution < 1.29 is 9.53 Å². The van der Waals surface area contributed by atoms with Crippen LogP contribution in [0.2, 0.25) is 0 Å². The third kappa shape index (κ3) is 6.24. The third-order valence-corrected chi connectivity index (χ3v) is 6.83. The maximum Gasteiger partial charge on any atom is 0.412 e. The highest BCUT2D eigenvalue weighted by Gasteiger charge is 2.42. The molecule has 0 aliphatic carbocycles. The van der Waals surface area contributed by atoms with Crippen molar-refractivity contribution in [2.24, 2.45) is 0 Å². The summed E-state index contributed by atoms with van der Waals surface area (Å²) in [5.41, 5.74) is 1.63. The van der Waals surface area contributed by atoms with E-state index >= 15 is 0 Å². The minimum Gasteiger partial charge on any atom is -0.414 e. The number of benzene rings is 2. The van der Waals surface area contributed by atoms with Gasteiger partial charge in [-0.05, 0) is 77.4 Å². The maximum absolute atomic E-state index is 12.9. The molecule has 1 aliphatic heterocycles. The van der Waals surface area contributed by atoms with E-state index in [-0.39, 0.29) is 6.04 Å². The molecule has 1 fully saturated rings. The van der Waals surface area contributed by atoms with E-state index in [2.05, 4.69) is 85.1 Å². The predicted octanol–water partition coefficient (Wildman–Crippen LogP) is 5.09. The number of alkyl carbamates (subject to hydrolysis) is 1. The van der Waals surface area contributed by atoms with Crippen molar-refractivity contribution in [2.45, 2.75) is 57.0 Å². The molecule has 2 aromatic rings. The largest absolute Gasteiger partial charge is 0.414 e. The van der Waals surface area contributed by atoms with E-state index in [9.17, 15) is 4.79 Å². The number of rotatable bonds is 10. The molecule has 1 aliphatic rings. The molecular weight excluding hydrogens is 410 g/mol. The van der Waals surface area contributed by atoms with Gasteiger partial charge in [-0.15, -0.1) is 0 Å². The summed E-state index contributed by atoms with van der Waals surface area (Å²) in [6, 6.07) is 21.5. The number of nitrogens with zero attached hydrogens (tertiary/aromatic N) is 1. The second kappa shape index (κ2) is 12.0. The van der Waals surface area contributed by atoms with Crippen LogP contribution in [0.4, 0.5) is 4.79 Å². The smallest absolute Gasteiger partial charge is 0.412 e. The first kappa shape index (κ1) is 25.0. The van der Waals surface area contributed by atoms with Gasteiger partial charge in [0.15, 0.2) is 0 Å². The molecule has 33 heavy (non-hydrogen) atoms. The van der Waals surface area contributed by atoms with E-state index in [1.807, 2.05) is 25.1 Å². The summed E-state index contributed by atoms with van der Waals surface area (Å²) < 4.78 is 6.09. The average Bonchev–Trinajstić information content (AvgIpc) is 3.35. The molecule has 0 spiro atoms. The Morgan fingerprint density at radius 1 is 1.15 bits per heavy atom. The van der Waals surface area contributed by atoms with Gasteiger partial charge in [0.05, 0.1) is 5.41 Å². The van der Waals surface area contributed by atoms with Crippen LogP contribution in [0.15, 0.2) is 72.5 Å². The van der Waals surface area contributed by atoms with Crippen LogP contribution in [0, 0.1) is 0 Å². The standard InChI is InChI=1S/C28H39N3O2/c1-5-26(33-27(32)30-20-18-25-17-12-19-29-25)28(21-22(2)31(3)4,23-13-8-6-9-14-23)24-15-10-7-11-16-24/h5-11,13-16,22,25,29H,12,17-21H2,1-4H3,(H,30,32)/b26-5-. The van der Waals surface area contributed by atoms with E-state index in [1.165, 1.54) is 12.8 Å². The topological polar surface area (TPSA) is 53.6 Å². The average molecular weight is 450 g/mol. The molecule has 2 atom stereocenters. The molecule has 3 rings (SSSR count). The zero-order valence-corrected chi connectivity index (χ0v) is 20.5. The van der Waals surface area contributed by atoms with Crippen molar-refractivity contribution in [3.63, 3.8) is 0 Å². The third-order valence-electron chi connectivity index (χ3n) is 6.83. The van der Waals surface area contributed by atoms with Crippen molar-refractivity contribution in [2.75, 3.05) is 27.2 Å². The first-order valence-electron chi connectivity index (χ1n) is 12.1. The van der Waals surface area contributed by atoms with Gasteiger partial charge < -0.3 is 20.3 Å². The number of hydrogen-bond acceptors (Lipinski definition) is 4. The van der Waals surface area contributed by atoms with Crippen molar-refractivity contribution in [1.29, 1.82) is 0 Å². The molecule has 2 N–H and O–H groups in total. The maximum atomic E-state index is 12.9. The first-order chi connectivity index (χ1) is 16.0. The molecule has 1 heterocycles. The molecule has 0 aromatic heterocycles.